The highest BCUT2D eigenvalue weighted by Gasteiger charge is 2.33. The molecule has 11 heteroatoms. The zero-order valence-corrected chi connectivity index (χ0v) is 23.6. The van der Waals surface area contributed by atoms with Crippen LogP contribution in [-0.2, 0) is 24.2 Å². The molecule has 0 bridgehead atoms. The molecule has 1 aliphatic carbocycles. The number of amides is 1. The number of hydrogen-bond acceptors (Lipinski definition) is 7. The van der Waals surface area contributed by atoms with E-state index in [1.165, 1.54) is 29.7 Å². The Kier molecular flexibility index (Phi) is 8.74. The summed E-state index contributed by atoms with van der Waals surface area (Å²) in [7, 11) is -2.13. The van der Waals surface area contributed by atoms with Crippen LogP contribution in [0.5, 0.6) is 0 Å². The molecule has 1 atom stereocenters. The number of fused-ring (bicyclic) bond motifs is 1. The topological polar surface area (TPSA) is 107 Å². The van der Waals surface area contributed by atoms with E-state index in [0.29, 0.717) is 53.4 Å². The number of sulfonamides is 1. The quantitative estimate of drug-likeness (QED) is 0.310. The van der Waals surface area contributed by atoms with Crippen molar-refractivity contribution in [3.63, 3.8) is 0 Å². The first-order valence-corrected chi connectivity index (χ1v) is 15.5. The average Bonchev–Trinajstić information content (AvgIpc) is 3.72. The number of hydrogen-bond donors (Lipinski definition) is 1. The standard InChI is InChI=1S/C29H35FN2O7S/c1-31-29(33)27-23-17-22(19-6-7-19)24(18-25(23)39-28(27)20-8-10-21(30)11-9-20)32(40(2,34)35)12-14-36-15-16-38-26-5-3-4-13-37-26/h8-11,17-19,26H,3-7,12-16H2,1-2H3,(H,31,33). The molecule has 5 rings (SSSR count). The summed E-state index contributed by atoms with van der Waals surface area (Å²) in [5.74, 6) is -0.277. The molecule has 1 saturated heterocycles. The summed E-state index contributed by atoms with van der Waals surface area (Å²) < 4.78 is 64.0. The third-order valence-corrected chi connectivity index (χ3v) is 8.37. The van der Waals surface area contributed by atoms with Crippen LogP contribution in [0, 0.1) is 5.82 Å². The Labute approximate surface area is 233 Å². The molecule has 0 spiro atoms. The summed E-state index contributed by atoms with van der Waals surface area (Å²) in [5, 5.41) is 3.24. The van der Waals surface area contributed by atoms with E-state index in [0.717, 1.165) is 37.7 Å². The average molecular weight is 575 g/mol. The van der Waals surface area contributed by atoms with Gasteiger partial charge in [0.25, 0.3) is 5.91 Å². The Hall–Kier alpha value is -2.99. The van der Waals surface area contributed by atoms with Gasteiger partial charge >= 0.3 is 0 Å². The molecule has 1 aromatic heterocycles. The molecule has 3 aromatic rings. The van der Waals surface area contributed by atoms with Gasteiger partial charge in [-0.1, -0.05) is 0 Å². The van der Waals surface area contributed by atoms with Gasteiger partial charge < -0.3 is 23.9 Å². The van der Waals surface area contributed by atoms with Crippen molar-refractivity contribution in [2.75, 3.05) is 50.6 Å². The van der Waals surface area contributed by atoms with Gasteiger partial charge in [0.1, 0.15) is 17.2 Å². The second-order valence-electron chi connectivity index (χ2n) is 10.2. The number of carbonyl (C=O) groups excluding carboxylic acids is 1. The van der Waals surface area contributed by atoms with Gasteiger partial charge in [-0.05, 0) is 73.9 Å². The first-order valence-electron chi connectivity index (χ1n) is 13.6. The van der Waals surface area contributed by atoms with Crippen molar-refractivity contribution in [3.05, 3.63) is 53.3 Å². The number of furan rings is 1. The maximum atomic E-state index is 13.6. The predicted octanol–water partition coefficient (Wildman–Crippen LogP) is 4.80. The van der Waals surface area contributed by atoms with Gasteiger partial charge in [0.15, 0.2) is 6.29 Å². The summed E-state index contributed by atoms with van der Waals surface area (Å²) in [5.41, 5.74) is 2.59. The van der Waals surface area contributed by atoms with Gasteiger partial charge in [0, 0.05) is 30.7 Å². The fourth-order valence-corrected chi connectivity index (χ4v) is 5.96. The van der Waals surface area contributed by atoms with Crippen LogP contribution in [0.4, 0.5) is 10.1 Å². The van der Waals surface area contributed by atoms with Crippen LogP contribution in [0.2, 0.25) is 0 Å². The van der Waals surface area contributed by atoms with Crippen LogP contribution in [-0.4, -0.2) is 66.9 Å². The monoisotopic (exact) mass is 574 g/mol. The zero-order valence-electron chi connectivity index (χ0n) is 22.8. The van der Waals surface area contributed by atoms with Crippen molar-refractivity contribution < 1.29 is 36.2 Å². The number of nitrogens with one attached hydrogen (secondary N) is 1. The molecule has 40 heavy (non-hydrogen) atoms. The van der Waals surface area contributed by atoms with Gasteiger partial charge in [0.05, 0.1) is 43.9 Å². The van der Waals surface area contributed by atoms with E-state index in [4.69, 9.17) is 18.6 Å². The Morgan fingerprint density at radius 1 is 1.10 bits per heavy atom. The molecule has 216 valence electrons. The van der Waals surface area contributed by atoms with E-state index in [2.05, 4.69) is 5.32 Å². The molecular weight excluding hydrogens is 539 g/mol. The summed E-state index contributed by atoms with van der Waals surface area (Å²) in [6.45, 7) is 1.67. The van der Waals surface area contributed by atoms with Crippen molar-refractivity contribution in [1.82, 2.24) is 5.32 Å². The second-order valence-corrected chi connectivity index (χ2v) is 12.1. The highest BCUT2D eigenvalue weighted by atomic mass is 32.2. The molecule has 1 saturated carbocycles. The van der Waals surface area contributed by atoms with E-state index in [1.807, 2.05) is 6.07 Å². The minimum atomic E-state index is -3.67. The summed E-state index contributed by atoms with van der Waals surface area (Å²) >= 11 is 0. The smallest absolute Gasteiger partial charge is 0.255 e. The molecule has 9 nitrogen and oxygen atoms in total. The van der Waals surface area contributed by atoms with Crippen LogP contribution in [0.25, 0.3) is 22.3 Å². The van der Waals surface area contributed by atoms with Gasteiger partial charge in [0.2, 0.25) is 10.0 Å². The number of anilines is 1. The van der Waals surface area contributed by atoms with Crippen LogP contribution in [0.15, 0.2) is 40.8 Å². The molecule has 2 fully saturated rings. The predicted molar refractivity (Wildman–Crippen MR) is 150 cm³/mol. The molecule has 1 unspecified atom stereocenters. The molecule has 2 aromatic carbocycles. The largest absolute Gasteiger partial charge is 0.455 e. The minimum Gasteiger partial charge on any atom is -0.455 e. The molecule has 2 aliphatic rings. The van der Waals surface area contributed by atoms with Gasteiger partial charge in [-0.25, -0.2) is 12.8 Å². The molecule has 1 N–H and O–H groups in total. The maximum absolute atomic E-state index is 13.6. The van der Waals surface area contributed by atoms with E-state index in [9.17, 15) is 17.6 Å². The van der Waals surface area contributed by atoms with Gasteiger partial charge in [-0.2, -0.15) is 0 Å². The number of rotatable bonds is 12. The Morgan fingerprint density at radius 2 is 1.88 bits per heavy atom. The summed E-state index contributed by atoms with van der Waals surface area (Å²) in [6, 6.07) is 9.25. The number of benzene rings is 2. The summed E-state index contributed by atoms with van der Waals surface area (Å²) in [6.07, 6.45) is 5.80. The van der Waals surface area contributed by atoms with Crippen LogP contribution in [0.3, 0.4) is 0 Å². The molecule has 0 radical (unpaired) electrons. The van der Waals surface area contributed by atoms with E-state index < -0.39 is 15.8 Å². The van der Waals surface area contributed by atoms with Gasteiger partial charge in [-0.15, -0.1) is 0 Å². The number of carbonyl (C=O) groups is 1. The lowest BCUT2D eigenvalue weighted by atomic mass is 10.0. The lowest BCUT2D eigenvalue weighted by Gasteiger charge is -2.25. The highest BCUT2D eigenvalue weighted by Crippen LogP contribution is 2.48. The normalized spacial score (nSPS) is 17.7. The van der Waals surface area contributed by atoms with Crippen LogP contribution in [0.1, 0.15) is 53.9 Å². The fourth-order valence-electron chi connectivity index (χ4n) is 5.04. The third-order valence-electron chi connectivity index (χ3n) is 7.19. The SMILES string of the molecule is CNC(=O)c1c(-c2ccc(F)cc2)oc2cc(N(CCOCCOC3CCCCO3)S(C)(=O)=O)c(C3CC3)cc12. The Balaban J connectivity index is 1.42. The highest BCUT2D eigenvalue weighted by molar-refractivity contribution is 7.92. The second kappa shape index (κ2) is 12.3. The Bertz CT molecular complexity index is 1450. The Morgan fingerprint density at radius 3 is 2.52 bits per heavy atom. The van der Waals surface area contributed by atoms with E-state index in [1.54, 1.807) is 18.2 Å². The van der Waals surface area contributed by atoms with Crippen molar-refractivity contribution in [2.45, 2.75) is 44.3 Å². The maximum Gasteiger partial charge on any atom is 0.255 e. The van der Waals surface area contributed by atoms with Crippen molar-refractivity contribution in [3.8, 4) is 11.3 Å². The number of nitrogens with zero attached hydrogens (tertiary/aromatic N) is 1. The molecule has 1 aliphatic heterocycles. The van der Waals surface area contributed by atoms with Crippen LogP contribution < -0.4 is 9.62 Å². The lowest BCUT2D eigenvalue weighted by Crippen LogP contribution is -2.34. The summed E-state index contributed by atoms with van der Waals surface area (Å²) in [4.78, 5) is 13.0. The molecule has 2 heterocycles. The zero-order chi connectivity index (χ0) is 28.3. The minimum absolute atomic E-state index is 0.109. The molecule has 1 amide bonds. The van der Waals surface area contributed by atoms with E-state index in [-0.39, 0.29) is 31.3 Å². The van der Waals surface area contributed by atoms with Crippen molar-refractivity contribution in [2.24, 2.45) is 0 Å². The van der Waals surface area contributed by atoms with Gasteiger partial charge in [-0.3, -0.25) is 9.10 Å². The first-order chi connectivity index (χ1) is 19.3. The number of halogens is 1. The van der Waals surface area contributed by atoms with Crippen molar-refractivity contribution in [1.29, 1.82) is 0 Å². The fraction of sp³-hybridized carbons (Fsp3) is 0.483. The lowest BCUT2D eigenvalue weighted by molar-refractivity contribution is -0.168. The number of ether oxygens (including phenoxy) is 3. The van der Waals surface area contributed by atoms with E-state index >= 15 is 0 Å². The van der Waals surface area contributed by atoms with Crippen molar-refractivity contribution >= 4 is 32.6 Å². The molecular formula is C29H35FN2O7S. The third kappa shape index (κ3) is 6.49. The first kappa shape index (κ1) is 28.5. The van der Waals surface area contributed by atoms with Crippen LogP contribution >= 0.6 is 0 Å².